The fourth-order valence-electron chi connectivity index (χ4n) is 1.83. The van der Waals surface area contributed by atoms with Crippen molar-refractivity contribution in [3.05, 3.63) is 29.3 Å². The number of rotatable bonds is 5. The molecule has 0 aliphatic heterocycles. The van der Waals surface area contributed by atoms with Crippen LogP contribution in [-0.2, 0) is 10.0 Å². The summed E-state index contributed by atoms with van der Waals surface area (Å²) in [6.45, 7) is 6.15. The van der Waals surface area contributed by atoms with Crippen LogP contribution in [0.3, 0.4) is 0 Å². The molecule has 4 nitrogen and oxygen atoms in total. The van der Waals surface area contributed by atoms with E-state index in [1.807, 2.05) is 0 Å². The minimum absolute atomic E-state index is 0.246. The Morgan fingerprint density at radius 2 is 2.00 bits per heavy atom. The molecule has 0 radical (unpaired) electrons. The van der Waals surface area contributed by atoms with Gasteiger partial charge in [0.25, 0.3) is 0 Å². The Hall–Kier alpha value is -1.35. The Morgan fingerprint density at radius 1 is 1.33 bits per heavy atom. The van der Waals surface area contributed by atoms with E-state index in [-0.39, 0.29) is 11.5 Å². The molecule has 21 heavy (non-hydrogen) atoms. The number of hydrogen-bond acceptors (Lipinski definition) is 3. The van der Waals surface area contributed by atoms with E-state index in [1.54, 1.807) is 32.2 Å². The van der Waals surface area contributed by atoms with Crippen LogP contribution in [0, 0.1) is 24.7 Å². The molecule has 116 valence electrons. The molecular weight excluding hydrogens is 286 g/mol. The lowest BCUT2D eigenvalue weighted by Crippen LogP contribution is -2.29. The van der Waals surface area contributed by atoms with Gasteiger partial charge < -0.3 is 5.11 Å². The first-order chi connectivity index (χ1) is 9.78. The fraction of sp³-hybridized carbons (Fsp3) is 0.500. The molecular formula is C16H23NO3S. The average molecular weight is 309 g/mol. The maximum atomic E-state index is 12.6. The second-order valence-corrected chi connectivity index (χ2v) is 7.46. The van der Waals surface area contributed by atoms with Gasteiger partial charge >= 0.3 is 0 Å². The Balaban J connectivity index is 3.12. The van der Waals surface area contributed by atoms with E-state index in [4.69, 9.17) is 5.11 Å². The molecule has 0 fully saturated rings. The molecule has 1 aromatic rings. The number of sulfonamides is 1. The number of hydrogen-bond donors (Lipinski definition) is 1. The molecule has 5 heteroatoms. The third-order valence-corrected chi connectivity index (χ3v) is 5.21. The third kappa shape index (κ3) is 4.85. The summed E-state index contributed by atoms with van der Waals surface area (Å²) in [7, 11) is -1.91. The Kier molecular flexibility index (Phi) is 6.41. The molecule has 0 amide bonds. The quantitative estimate of drug-likeness (QED) is 0.847. The van der Waals surface area contributed by atoms with Gasteiger partial charge in [-0.2, -0.15) is 0 Å². The topological polar surface area (TPSA) is 57.6 Å². The highest BCUT2D eigenvalue weighted by Gasteiger charge is 2.22. The summed E-state index contributed by atoms with van der Waals surface area (Å²) >= 11 is 0. The Labute approximate surface area is 127 Å². The lowest BCUT2D eigenvalue weighted by molar-refractivity contribution is 0.350. The van der Waals surface area contributed by atoms with Crippen LogP contribution in [0.5, 0.6) is 0 Å². The molecule has 0 atom stereocenters. The summed E-state index contributed by atoms with van der Waals surface area (Å²) in [5, 5.41) is 8.72. The molecule has 1 N–H and O–H groups in total. The molecule has 0 heterocycles. The summed E-state index contributed by atoms with van der Waals surface area (Å²) in [5.41, 5.74) is 1.28. The molecule has 0 aromatic heterocycles. The van der Waals surface area contributed by atoms with Crippen LogP contribution >= 0.6 is 0 Å². The van der Waals surface area contributed by atoms with Crippen LogP contribution in [0.1, 0.15) is 31.4 Å². The third-order valence-electron chi connectivity index (χ3n) is 3.21. The van der Waals surface area contributed by atoms with Gasteiger partial charge in [0.1, 0.15) is 6.61 Å². The molecule has 0 unspecified atom stereocenters. The fourth-order valence-corrected chi connectivity index (χ4v) is 3.26. The first-order valence-electron chi connectivity index (χ1n) is 6.95. The summed E-state index contributed by atoms with van der Waals surface area (Å²) in [6, 6.07) is 5.06. The van der Waals surface area contributed by atoms with Crippen molar-refractivity contribution in [1.82, 2.24) is 4.31 Å². The number of aliphatic hydroxyl groups is 1. The molecule has 0 aliphatic rings. The van der Waals surface area contributed by atoms with Gasteiger partial charge in [-0.15, -0.1) is 0 Å². The van der Waals surface area contributed by atoms with Crippen molar-refractivity contribution >= 4 is 10.0 Å². The van der Waals surface area contributed by atoms with Crippen molar-refractivity contribution in [3.63, 3.8) is 0 Å². The van der Waals surface area contributed by atoms with E-state index >= 15 is 0 Å². The zero-order valence-corrected chi connectivity index (χ0v) is 13.9. The predicted octanol–water partition coefficient (Wildman–Crippen LogP) is 2.01. The van der Waals surface area contributed by atoms with Gasteiger partial charge in [-0.25, -0.2) is 12.7 Å². The Bertz CT molecular complexity index is 639. The molecule has 0 saturated carbocycles. The van der Waals surface area contributed by atoms with Crippen molar-refractivity contribution in [3.8, 4) is 11.8 Å². The predicted molar refractivity (Wildman–Crippen MR) is 84.4 cm³/mol. The van der Waals surface area contributed by atoms with E-state index in [2.05, 4.69) is 25.7 Å². The van der Waals surface area contributed by atoms with E-state index < -0.39 is 10.0 Å². The molecule has 0 bridgehead atoms. The molecule has 0 aliphatic carbocycles. The largest absolute Gasteiger partial charge is 0.384 e. The van der Waals surface area contributed by atoms with Crippen molar-refractivity contribution in [2.24, 2.45) is 5.92 Å². The lowest BCUT2D eigenvalue weighted by Gasteiger charge is -2.19. The SMILES string of the molecule is Cc1ccc(C#CCO)cc1S(=O)(=O)N(C)CCC(C)C. The molecule has 1 rings (SSSR count). The molecule has 0 spiro atoms. The van der Waals surface area contributed by atoms with E-state index in [0.717, 1.165) is 6.42 Å². The minimum Gasteiger partial charge on any atom is -0.384 e. The summed E-state index contributed by atoms with van der Waals surface area (Å²) in [5.74, 6) is 5.72. The maximum Gasteiger partial charge on any atom is 0.243 e. The minimum atomic E-state index is -3.51. The van der Waals surface area contributed by atoms with Crippen LogP contribution < -0.4 is 0 Å². The normalized spacial score (nSPS) is 11.6. The average Bonchev–Trinajstić information content (AvgIpc) is 2.43. The second kappa shape index (κ2) is 7.60. The second-order valence-electron chi connectivity index (χ2n) is 5.45. The maximum absolute atomic E-state index is 12.6. The highest BCUT2D eigenvalue weighted by Crippen LogP contribution is 2.21. The zero-order valence-electron chi connectivity index (χ0n) is 13.0. The van der Waals surface area contributed by atoms with Gasteiger partial charge in [-0.3, -0.25) is 0 Å². The van der Waals surface area contributed by atoms with E-state index in [0.29, 0.717) is 23.6 Å². The van der Waals surface area contributed by atoms with Gasteiger partial charge in [0, 0.05) is 19.2 Å². The highest BCUT2D eigenvalue weighted by atomic mass is 32.2. The molecule has 0 saturated heterocycles. The number of nitrogens with zero attached hydrogens (tertiary/aromatic N) is 1. The van der Waals surface area contributed by atoms with Gasteiger partial charge in [0.2, 0.25) is 10.0 Å². The van der Waals surface area contributed by atoms with Crippen molar-refractivity contribution in [2.75, 3.05) is 20.2 Å². The highest BCUT2D eigenvalue weighted by molar-refractivity contribution is 7.89. The summed E-state index contributed by atoms with van der Waals surface area (Å²) < 4.78 is 26.6. The van der Waals surface area contributed by atoms with Crippen molar-refractivity contribution in [2.45, 2.75) is 32.1 Å². The Morgan fingerprint density at radius 3 is 2.57 bits per heavy atom. The monoisotopic (exact) mass is 309 g/mol. The summed E-state index contributed by atoms with van der Waals surface area (Å²) in [4.78, 5) is 0.276. The van der Waals surface area contributed by atoms with Crippen LogP contribution in [0.15, 0.2) is 23.1 Å². The van der Waals surface area contributed by atoms with Gasteiger partial charge in [0.15, 0.2) is 0 Å². The van der Waals surface area contributed by atoms with Gasteiger partial charge in [-0.05, 0) is 37.0 Å². The van der Waals surface area contributed by atoms with E-state index in [1.165, 1.54) is 4.31 Å². The van der Waals surface area contributed by atoms with Gasteiger partial charge in [0.05, 0.1) is 4.90 Å². The van der Waals surface area contributed by atoms with Crippen molar-refractivity contribution in [1.29, 1.82) is 0 Å². The van der Waals surface area contributed by atoms with Gasteiger partial charge in [-0.1, -0.05) is 31.8 Å². The first kappa shape index (κ1) is 17.7. The van der Waals surface area contributed by atoms with Crippen LogP contribution in [0.25, 0.3) is 0 Å². The standard InChI is InChI=1S/C16H23NO3S/c1-13(2)9-10-17(4)21(19,20)16-12-15(6-5-11-18)8-7-14(16)3/h7-8,12-13,18H,9-11H2,1-4H3. The number of aryl methyl sites for hydroxylation is 1. The summed E-state index contributed by atoms with van der Waals surface area (Å²) in [6.07, 6.45) is 0.818. The van der Waals surface area contributed by atoms with Crippen molar-refractivity contribution < 1.29 is 13.5 Å². The zero-order chi connectivity index (χ0) is 16.0. The first-order valence-corrected chi connectivity index (χ1v) is 8.39. The molecule has 1 aromatic carbocycles. The number of aliphatic hydroxyl groups excluding tert-OH is 1. The van der Waals surface area contributed by atoms with E-state index in [9.17, 15) is 8.42 Å². The smallest absolute Gasteiger partial charge is 0.243 e. The lowest BCUT2D eigenvalue weighted by atomic mass is 10.1. The number of benzene rings is 1. The van der Waals surface area contributed by atoms with Crippen LogP contribution in [-0.4, -0.2) is 38.0 Å². The van der Waals surface area contributed by atoms with Crippen LogP contribution in [0.2, 0.25) is 0 Å². The van der Waals surface area contributed by atoms with Crippen LogP contribution in [0.4, 0.5) is 0 Å².